The minimum Gasteiger partial charge on any atom is -0.342 e. The molecule has 1 fully saturated rings. The van der Waals surface area contributed by atoms with E-state index in [0.717, 1.165) is 5.56 Å². The molecular formula is C15H21ClN2O3S. The number of hydrogen-bond donors (Lipinski definition) is 0. The van der Waals surface area contributed by atoms with Crippen LogP contribution >= 0.6 is 11.6 Å². The Labute approximate surface area is 136 Å². The van der Waals surface area contributed by atoms with Gasteiger partial charge in [-0.3, -0.25) is 4.79 Å². The largest absolute Gasteiger partial charge is 0.342 e. The summed E-state index contributed by atoms with van der Waals surface area (Å²) >= 11 is 6.05. The molecule has 0 saturated carbocycles. The van der Waals surface area contributed by atoms with Crippen molar-refractivity contribution in [1.29, 1.82) is 0 Å². The van der Waals surface area contributed by atoms with Gasteiger partial charge in [-0.2, -0.15) is 4.31 Å². The summed E-state index contributed by atoms with van der Waals surface area (Å²) < 4.78 is 27.2. The van der Waals surface area contributed by atoms with Crippen LogP contribution in [0.2, 0.25) is 5.02 Å². The smallest absolute Gasteiger partial charge is 0.243 e. The summed E-state index contributed by atoms with van der Waals surface area (Å²) in [7, 11) is -3.57. The summed E-state index contributed by atoms with van der Waals surface area (Å²) in [6.07, 6.45) is 0.643. The molecule has 0 radical (unpaired) electrons. The number of nitrogens with zero attached hydrogens (tertiary/aromatic N) is 2. The number of amides is 1. The van der Waals surface area contributed by atoms with Gasteiger partial charge in [-0.1, -0.05) is 11.6 Å². The highest BCUT2D eigenvalue weighted by molar-refractivity contribution is 7.89. The lowest BCUT2D eigenvalue weighted by Crippen LogP contribution is -2.36. The molecule has 1 aromatic rings. The first-order valence-corrected chi connectivity index (χ1v) is 9.07. The maximum atomic E-state index is 12.9. The van der Waals surface area contributed by atoms with E-state index >= 15 is 0 Å². The molecule has 1 aliphatic rings. The summed E-state index contributed by atoms with van der Waals surface area (Å²) in [5.74, 6) is -0.0160. The molecule has 5 nitrogen and oxygen atoms in total. The number of sulfonamides is 1. The van der Waals surface area contributed by atoms with E-state index in [1.807, 2.05) is 0 Å². The lowest BCUT2D eigenvalue weighted by atomic mass is 10.2. The molecule has 1 saturated heterocycles. The summed E-state index contributed by atoms with van der Waals surface area (Å²) in [6.45, 7) is 6.83. The second-order valence-electron chi connectivity index (χ2n) is 5.63. The number of hydrogen-bond acceptors (Lipinski definition) is 3. The van der Waals surface area contributed by atoms with Gasteiger partial charge >= 0.3 is 0 Å². The lowest BCUT2D eigenvalue weighted by Gasteiger charge is -2.22. The van der Waals surface area contributed by atoms with Gasteiger partial charge in [0.1, 0.15) is 0 Å². The van der Waals surface area contributed by atoms with Gasteiger partial charge in [-0.15, -0.1) is 0 Å². The first-order valence-electron chi connectivity index (χ1n) is 7.26. The summed E-state index contributed by atoms with van der Waals surface area (Å²) in [5.41, 5.74) is 1.38. The summed E-state index contributed by atoms with van der Waals surface area (Å²) in [4.78, 5) is 13.4. The lowest BCUT2D eigenvalue weighted by molar-refractivity contribution is -0.128. The molecule has 2 rings (SSSR count). The molecule has 7 heteroatoms. The normalized spacial score (nSPS) is 17.4. The van der Waals surface area contributed by atoms with E-state index in [-0.39, 0.29) is 5.91 Å². The fraction of sp³-hybridized carbons (Fsp3) is 0.533. The molecule has 0 unspecified atom stereocenters. The highest BCUT2D eigenvalue weighted by Gasteiger charge is 2.29. The van der Waals surface area contributed by atoms with E-state index in [0.29, 0.717) is 48.1 Å². The van der Waals surface area contributed by atoms with Gasteiger partial charge in [0.25, 0.3) is 0 Å². The third kappa shape index (κ3) is 3.45. The van der Waals surface area contributed by atoms with Crippen molar-refractivity contribution in [3.8, 4) is 0 Å². The van der Waals surface area contributed by atoms with E-state index in [1.54, 1.807) is 30.9 Å². The zero-order valence-electron chi connectivity index (χ0n) is 13.1. The number of halogens is 1. The van der Waals surface area contributed by atoms with Crippen molar-refractivity contribution in [3.63, 3.8) is 0 Å². The number of carbonyl (C=O) groups is 1. The van der Waals surface area contributed by atoms with Gasteiger partial charge in [-0.25, -0.2) is 8.42 Å². The molecule has 1 aromatic carbocycles. The van der Waals surface area contributed by atoms with Crippen LogP contribution in [0.1, 0.15) is 24.5 Å². The fourth-order valence-electron chi connectivity index (χ4n) is 2.62. The Balaban J connectivity index is 2.31. The van der Waals surface area contributed by atoms with Crippen molar-refractivity contribution in [1.82, 2.24) is 9.21 Å². The van der Waals surface area contributed by atoms with Gasteiger partial charge < -0.3 is 4.90 Å². The second kappa shape index (κ2) is 6.56. The molecular weight excluding hydrogens is 324 g/mol. The van der Waals surface area contributed by atoms with Crippen molar-refractivity contribution in [2.75, 3.05) is 26.2 Å². The van der Waals surface area contributed by atoms with Crippen molar-refractivity contribution < 1.29 is 13.2 Å². The van der Waals surface area contributed by atoms with Crippen LogP contribution < -0.4 is 0 Å². The quantitative estimate of drug-likeness (QED) is 0.826. The van der Waals surface area contributed by atoms with Crippen LogP contribution in [0, 0.1) is 13.8 Å². The second-order valence-corrected chi connectivity index (χ2v) is 7.94. The Hall–Kier alpha value is -1.11. The van der Waals surface area contributed by atoms with Crippen molar-refractivity contribution >= 4 is 27.5 Å². The number of carbonyl (C=O) groups excluding carboxylic acids is 1. The maximum absolute atomic E-state index is 12.9. The summed E-state index contributed by atoms with van der Waals surface area (Å²) in [6, 6.07) is 3.31. The topological polar surface area (TPSA) is 57.7 Å². The molecule has 0 atom stereocenters. The van der Waals surface area contributed by atoms with E-state index in [4.69, 9.17) is 11.6 Å². The molecule has 0 aromatic heterocycles. The standard InChI is InChI=1S/C15H21ClN2O3S/c1-11-10-15(12(2)9-14(11)16)22(20,21)18-6-4-5-17(7-8-18)13(3)19/h9-10H,4-8H2,1-3H3. The van der Waals surface area contributed by atoms with Gasteiger partial charge in [0.2, 0.25) is 15.9 Å². The Kier molecular flexibility index (Phi) is 5.14. The van der Waals surface area contributed by atoms with Crippen molar-refractivity contribution in [2.45, 2.75) is 32.1 Å². The van der Waals surface area contributed by atoms with Crippen LogP contribution in [-0.2, 0) is 14.8 Å². The Morgan fingerprint density at radius 1 is 1.09 bits per heavy atom. The number of rotatable bonds is 2. The highest BCUT2D eigenvalue weighted by Crippen LogP contribution is 2.26. The van der Waals surface area contributed by atoms with Gasteiger partial charge in [0.15, 0.2) is 0 Å². The van der Waals surface area contributed by atoms with E-state index in [2.05, 4.69) is 0 Å². The van der Waals surface area contributed by atoms with Gasteiger partial charge in [0.05, 0.1) is 4.90 Å². The first-order chi connectivity index (χ1) is 10.2. The SMILES string of the molecule is CC(=O)N1CCCN(S(=O)(=O)c2cc(C)c(Cl)cc2C)CC1. The monoisotopic (exact) mass is 344 g/mol. The van der Waals surface area contributed by atoms with Crippen LogP contribution in [0.3, 0.4) is 0 Å². The van der Waals surface area contributed by atoms with Crippen molar-refractivity contribution in [2.24, 2.45) is 0 Å². The molecule has 0 bridgehead atoms. The highest BCUT2D eigenvalue weighted by atomic mass is 35.5. The maximum Gasteiger partial charge on any atom is 0.243 e. The van der Waals surface area contributed by atoms with E-state index in [9.17, 15) is 13.2 Å². The molecule has 1 amide bonds. The molecule has 122 valence electrons. The molecule has 22 heavy (non-hydrogen) atoms. The van der Waals surface area contributed by atoms with Crippen LogP contribution in [0.15, 0.2) is 17.0 Å². The zero-order chi connectivity index (χ0) is 16.5. The van der Waals surface area contributed by atoms with Gasteiger partial charge in [0, 0.05) is 38.1 Å². The molecule has 0 aliphatic carbocycles. The molecule has 0 N–H and O–H groups in total. The molecule has 0 spiro atoms. The third-order valence-electron chi connectivity index (χ3n) is 3.97. The predicted octanol–water partition coefficient (Wildman–Crippen LogP) is 2.20. The van der Waals surface area contributed by atoms with E-state index in [1.165, 1.54) is 11.2 Å². The van der Waals surface area contributed by atoms with Gasteiger partial charge in [-0.05, 0) is 43.5 Å². The Morgan fingerprint density at radius 3 is 2.41 bits per heavy atom. The minimum atomic E-state index is -3.57. The Morgan fingerprint density at radius 2 is 1.77 bits per heavy atom. The molecule has 1 heterocycles. The average Bonchev–Trinajstić information content (AvgIpc) is 2.69. The zero-order valence-corrected chi connectivity index (χ0v) is 14.7. The first kappa shape index (κ1) is 17.2. The number of aryl methyl sites for hydroxylation is 2. The summed E-state index contributed by atoms with van der Waals surface area (Å²) in [5, 5.41) is 0.565. The number of benzene rings is 1. The molecule has 1 aliphatic heterocycles. The van der Waals surface area contributed by atoms with Crippen LogP contribution in [0.25, 0.3) is 0 Å². The van der Waals surface area contributed by atoms with Crippen LogP contribution in [-0.4, -0.2) is 49.7 Å². The fourth-order valence-corrected chi connectivity index (χ4v) is 4.60. The van der Waals surface area contributed by atoms with Crippen molar-refractivity contribution in [3.05, 3.63) is 28.3 Å². The predicted molar refractivity (Wildman–Crippen MR) is 86.6 cm³/mol. The Bertz CT molecular complexity index is 688. The average molecular weight is 345 g/mol. The van der Waals surface area contributed by atoms with E-state index < -0.39 is 10.0 Å². The third-order valence-corrected chi connectivity index (χ3v) is 6.42. The van der Waals surface area contributed by atoms with Crippen LogP contribution in [0.5, 0.6) is 0 Å². The minimum absolute atomic E-state index is 0.0160. The van der Waals surface area contributed by atoms with Crippen LogP contribution in [0.4, 0.5) is 0 Å².